The van der Waals surface area contributed by atoms with Gasteiger partial charge in [-0.3, -0.25) is 9.59 Å². The van der Waals surface area contributed by atoms with Crippen LogP contribution in [0.25, 0.3) is 0 Å². The molecule has 0 aromatic heterocycles. The summed E-state index contributed by atoms with van der Waals surface area (Å²) in [5.41, 5.74) is 1.51. The molecule has 1 saturated heterocycles. The summed E-state index contributed by atoms with van der Waals surface area (Å²) in [4.78, 5) is 25.3. The topological polar surface area (TPSA) is 83.6 Å². The van der Waals surface area contributed by atoms with Crippen LogP contribution in [0.5, 0.6) is 0 Å². The lowest BCUT2D eigenvalue weighted by atomic mass is 10.1. The van der Waals surface area contributed by atoms with Crippen molar-refractivity contribution >= 4 is 33.4 Å². The third-order valence-corrected chi connectivity index (χ3v) is 7.19. The molecular weight excluding hydrogens is 348 g/mol. The lowest BCUT2D eigenvalue weighted by Gasteiger charge is -2.18. The van der Waals surface area contributed by atoms with Gasteiger partial charge in [0.2, 0.25) is 5.91 Å². The summed E-state index contributed by atoms with van der Waals surface area (Å²) in [6.07, 6.45) is 0.630. The van der Waals surface area contributed by atoms with Gasteiger partial charge in [0.1, 0.15) is 0 Å². The van der Waals surface area contributed by atoms with Crippen LogP contribution in [0.15, 0.2) is 24.3 Å². The van der Waals surface area contributed by atoms with Crippen molar-refractivity contribution in [3.63, 3.8) is 0 Å². The van der Waals surface area contributed by atoms with E-state index in [1.54, 1.807) is 31.1 Å². The number of amides is 2. The predicted octanol–water partition coefficient (Wildman–Crippen LogP) is 0.925. The van der Waals surface area contributed by atoms with Crippen LogP contribution in [0.2, 0.25) is 0 Å². The van der Waals surface area contributed by atoms with Gasteiger partial charge >= 0.3 is 0 Å². The van der Waals surface area contributed by atoms with E-state index in [1.165, 1.54) is 11.8 Å². The van der Waals surface area contributed by atoms with Gasteiger partial charge in [0.05, 0.1) is 17.3 Å². The monoisotopic (exact) mass is 370 g/mol. The number of carbonyl (C=O) groups excluding carboxylic acids is 2. The van der Waals surface area contributed by atoms with Crippen molar-refractivity contribution in [3.8, 4) is 0 Å². The molecule has 8 heteroatoms. The second-order valence-electron chi connectivity index (χ2n) is 5.86. The largest absolute Gasteiger partial charge is 0.355 e. The highest BCUT2D eigenvalue weighted by Gasteiger charge is 2.28. The van der Waals surface area contributed by atoms with Gasteiger partial charge in [-0.05, 0) is 24.1 Å². The maximum atomic E-state index is 12.2. The fourth-order valence-corrected chi connectivity index (χ4v) is 6.04. The van der Waals surface area contributed by atoms with Crippen LogP contribution in [0.4, 0.5) is 0 Å². The van der Waals surface area contributed by atoms with Gasteiger partial charge in [-0.25, -0.2) is 8.42 Å². The van der Waals surface area contributed by atoms with Crippen molar-refractivity contribution in [1.29, 1.82) is 0 Å². The average Bonchev–Trinajstić information content (AvgIpc) is 2.91. The standard InChI is InChI=1S/C16H22N2O4S2/c1-17-16(20)13-5-3-12(4-6-13)9-18(2)15(19)10-23-14-7-8-24(21,22)11-14/h3-6,14H,7-11H2,1-2H3,(H,17,20)/t14-/m1/s1. The zero-order chi connectivity index (χ0) is 17.7. The fraction of sp³-hybridized carbons (Fsp3) is 0.500. The molecule has 1 N–H and O–H groups in total. The van der Waals surface area contributed by atoms with Gasteiger partial charge in [0, 0.05) is 31.5 Å². The fourth-order valence-electron chi connectivity index (χ4n) is 2.46. The van der Waals surface area contributed by atoms with Crippen LogP contribution in [0.1, 0.15) is 22.3 Å². The Labute approximate surface area is 146 Å². The van der Waals surface area contributed by atoms with Crippen LogP contribution >= 0.6 is 11.8 Å². The Morgan fingerprint density at radius 1 is 1.29 bits per heavy atom. The first kappa shape index (κ1) is 18.8. The molecule has 0 radical (unpaired) electrons. The van der Waals surface area contributed by atoms with Gasteiger partial charge in [0.25, 0.3) is 5.91 Å². The number of thioether (sulfide) groups is 1. The molecule has 0 saturated carbocycles. The zero-order valence-corrected chi connectivity index (χ0v) is 15.5. The number of rotatable bonds is 6. The van der Waals surface area contributed by atoms with E-state index in [4.69, 9.17) is 0 Å². The molecule has 2 rings (SSSR count). The first-order valence-corrected chi connectivity index (χ1v) is 10.5. The number of hydrogen-bond donors (Lipinski definition) is 1. The maximum absolute atomic E-state index is 12.2. The minimum Gasteiger partial charge on any atom is -0.355 e. The molecule has 1 aliphatic heterocycles. The highest BCUT2D eigenvalue weighted by atomic mass is 32.2. The van der Waals surface area contributed by atoms with Crippen molar-refractivity contribution in [3.05, 3.63) is 35.4 Å². The Morgan fingerprint density at radius 3 is 2.50 bits per heavy atom. The molecule has 1 aliphatic rings. The second kappa shape index (κ2) is 8.02. The molecule has 1 aromatic carbocycles. The summed E-state index contributed by atoms with van der Waals surface area (Å²) in [7, 11) is 0.399. The molecule has 0 aliphatic carbocycles. The lowest BCUT2D eigenvalue weighted by molar-refractivity contribution is -0.127. The third-order valence-electron chi connectivity index (χ3n) is 3.92. The minimum absolute atomic E-state index is 0.0270. The van der Waals surface area contributed by atoms with E-state index in [1.807, 2.05) is 12.1 Å². The van der Waals surface area contributed by atoms with E-state index in [2.05, 4.69) is 5.32 Å². The van der Waals surface area contributed by atoms with Crippen LogP contribution in [0, 0.1) is 0 Å². The molecule has 2 amide bonds. The van der Waals surface area contributed by atoms with E-state index in [0.29, 0.717) is 18.5 Å². The zero-order valence-electron chi connectivity index (χ0n) is 13.8. The van der Waals surface area contributed by atoms with Crippen molar-refractivity contribution in [2.24, 2.45) is 0 Å². The van der Waals surface area contributed by atoms with E-state index < -0.39 is 9.84 Å². The number of nitrogens with one attached hydrogen (secondary N) is 1. The summed E-state index contributed by atoms with van der Waals surface area (Å²) < 4.78 is 22.8. The van der Waals surface area contributed by atoms with E-state index in [-0.39, 0.29) is 34.3 Å². The summed E-state index contributed by atoms with van der Waals surface area (Å²) in [6, 6.07) is 7.10. The lowest BCUT2D eigenvalue weighted by Crippen LogP contribution is -2.28. The summed E-state index contributed by atoms with van der Waals surface area (Å²) in [5.74, 6) is 0.517. The van der Waals surface area contributed by atoms with Gasteiger partial charge in [-0.1, -0.05) is 12.1 Å². The number of nitrogens with zero attached hydrogens (tertiary/aromatic N) is 1. The van der Waals surface area contributed by atoms with E-state index >= 15 is 0 Å². The number of hydrogen-bond acceptors (Lipinski definition) is 5. The maximum Gasteiger partial charge on any atom is 0.251 e. The van der Waals surface area contributed by atoms with Crippen molar-refractivity contribution in [1.82, 2.24) is 10.2 Å². The molecule has 0 bridgehead atoms. The van der Waals surface area contributed by atoms with Crippen molar-refractivity contribution < 1.29 is 18.0 Å². The first-order valence-electron chi connectivity index (χ1n) is 7.68. The average molecular weight is 370 g/mol. The van der Waals surface area contributed by atoms with Gasteiger partial charge in [-0.2, -0.15) is 0 Å². The predicted molar refractivity (Wildman–Crippen MR) is 95.8 cm³/mol. The Bertz CT molecular complexity index is 701. The summed E-state index contributed by atoms with van der Waals surface area (Å²) in [6.45, 7) is 0.455. The van der Waals surface area contributed by atoms with Crippen LogP contribution in [-0.2, 0) is 21.2 Å². The minimum atomic E-state index is -2.90. The van der Waals surface area contributed by atoms with Crippen LogP contribution in [-0.4, -0.2) is 61.7 Å². The van der Waals surface area contributed by atoms with Crippen LogP contribution in [0.3, 0.4) is 0 Å². The SMILES string of the molecule is CNC(=O)c1ccc(CN(C)C(=O)CS[C@@H]2CCS(=O)(=O)C2)cc1. The Kier molecular flexibility index (Phi) is 6.28. The molecule has 0 spiro atoms. The Morgan fingerprint density at radius 2 is 1.96 bits per heavy atom. The van der Waals surface area contributed by atoms with E-state index in [9.17, 15) is 18.0 Å². The molecule has 1 heterocycles. The second-order valence-corrected chi connectivity index (χ2v) is 9.38. The normalized spacial score (nSPS) is 19.0. The number of carbonyl (C=O) groups is 2. The molecule has 24 heavy (non-hydrogen) atoms. The molecular formula is C16H22N2O4S2. The van der Waals surface area contributed by atoms with Gasteiger partial charge in [-0.15, -0.1) is 11.8 Å². The van der Waals surface area contributed by atoms with Gasteiger partial charge in [0.15, 0.2) is 9.84 Å². The van der Waals surface area contributed by atoms with E-state index in [0.717, 1.165) is 5.56 Å². The van der Waals surface area contributed by atoms with Crippen molar-refractivity contribution in [2.45, 2.75) is 18.2 Å². The Hall–Kier alpha value is -1.54. The van der Waals surface area contributed by atoms with Crippen molar-refractivity contribution in [2.75, 3.05) is 31.4 Å². The van der Waals surface area contributed by atoms with Gasteiger partial charge < -0.3 is 10.2 Å². The smallest absolute Gasteiger partial charge is 0.251 e. The molecule has 6 nitrogen and oxygen atoms in total. The summed E-state index contributed by atoms with van der Waals surface area (Å²) >= 11 is 1.42. The molecule has 132 valence electrons. The highest BCUT2D eigenvalue weighted by molar-refractivity contribution is 8.02. The highest BCUT2D eigenvalue weighted by Crippen LogP contribution is 2.24. The molecule has 1 aromatic rings. The molecule has 0 unspecified atom stereocenters. The first-order chi connectivity index (χ1) is 11.3. The number of benzene rings is 1. The number of sulfone groups is 1. The third kappa shape index (κ3) is 5.24. The van der Waals surface area contributed by atoms with Crippen LogP contribution < -0.4 is 5.32 Å². The summed E-state index contributed by atoms with van der Waals surface area (Å²) in [5, 5.41) is 2.59. The molecule has 1 fully saturated rings. The molecule has 1 atom stereocenters. The Balaban J connectivity index is 1.82. The quantitative estimate of drug-likeness (QED) is 0.805.